The molecule has 9 nitrogen and oxygen atoms in total. The fourth-order valence-corrected chi connectivity index (χ4v) is 5.67. The van der Waals surface area contributed by atoms with Crippen molar-refractivity contribution >= 4 is 27.5 Å². The van der Waals surface area contributed by atoms with Gasteiger partial charge in [0.15, 0.2) is 0 Å². The summed E-state index contributed by atoms with van der Waals surface area (Å²) in [5.41, 5.74) is 2.00. The summed E-state index contributed by atoms with van der Waals surface area (Å²) < 4.78 is 39.8. The molecule has 2 amide bonds. The highest BCUT2D eigenvalue weighted by atomic mass is 32.2. The number of hydrogen-bond donors (Lipinski definition) is 1. The average molecular weight is 582 g/mol. The van der Waals surface area contributed by atoms with Crippen LogP contribution in [0.3, 0.4) is 0 Å². The van der Waals surface area contributed by atoms with E-state index in [0.29, 0.717) is 5.75 Å². The summed E-state index contributed by atoms with van der Waals surface area (Å²) >= 11 is 0. The lowest BCUT2D eigenvalue weighted by atomic mass is 10.1. The van der Waals surface area contributed by atoms with Crippen LogP contribution in [0.1, 0.15) is 38.3 Å². The first-order valence-electron chi connectivity index (χ1n) is 13.5. The predicted octanol–water partition coefficient (Wildman–Crippen LogP) is 4.54. The van der Waals surface area contributed by atoms with Gasteiger partial charge in [-0.3, -0.25) is 13.9 Å². The third kappa shape index (κ3) is 7.58. The van der Waals surface area contributed by atoms with Crippen molar-refractivity contribution in [3.63, 3.8) is 0 Å². The van der Waals surface area contributed by atoms with E-state index in [1.807, 2.05) is 45.0 Å². The van der Waals surface area contributed by atoms with Gasteiger partial charge in [-0.25, -0.2) is 8.42 Å². The van der Waals surface area contributed by atoms with Crippen molar-refractivity contribution in [1.29, 1.82) is 0 Å². The Bertz CT molecular complexity index is 1440. The maximum Gasteiger partial charge on any atom is 0.264 e. The second-order valence-corrected chi connectivity index (χ2v) is 11.7. The molecule has 0 spiro atoms. The summed E-state index contributed by atoms with van der Waals surface area (Å²) in [5, 5.41) is 2.94. The Morgan fingerprint density at radius 1 is 0.902 bits per heavy atom. The number of carbonyl (C=O) groups excluding carboxylic acids is 2. The van der Waals surface area contributed by atoms with E-state index in [1.54, 1.807) is 43.3 Å². The number of aryl methyl sites for hydroxylation is 1. The van der Waals surface area contributed by atoms with Crippen LogP contribution >= 0.6 is 0 Å². The fourth-order valence-electron chi connectivity index (χ4n) is 4.24. The highest BCUT2D eigenvalue weighted by molar-refractivity contribution is 7.92. The molecule has 220 valence electrons. The van der Waals surface area contributed by atoms with Crippen LogP contribution in [0.4, 0.5) is 5.69 Å². The number of amides is 2. The number of ether oxygens (including phenoxy) is 2. The Morgan fingerprint density at radius 2 is 1.54 bits per heavy atom. The molecule has 0 saturated heterocycles. The number of nitrogens with one attached hydrogen (secondary N) is 1. The van der Waals surface area contributed by atoms with Crippen molar-refractivity contribution in [2.45, 2.75) is 57.6 Å². The Hall–Kier alpha value is -4.05. The van der Waals surface area contributed by atoms with Crippen molar-refractivity contribution in [1.82, 2.24) is 10.2 Å². The van der Waals surface area contributed by atoms with Crippen LogP contribution in [0.15, 0.2) is 77.7 Å². The molecule has 3 aromatic carbocycles. The lowest BCUT2D eigenvalue weighted by molar-refractivity contribution is -0.139. The van der Waals surface area contributed by atoms with Gasteiger partial charge in [0, 0.05) is 12.6 Å². The van der Waals surface area contributed by atoms with Crippen LogP contribution in [0.5, 0.6) is 11.5 Å². The van der Waals surface area contributed by atoms with Crippen molar-refractivity contribution in [3.8, 4) is 11.5 Å². The maximum absolute atomic E-state index is 14.1. The van der Waals surface area contributed by atoms with Crippen molar-refractivity contribution < 1.29 is 27.5 Å². The summed E-state index contributed by atoms with van der Waals surface area (Å²) in [7, 11) is -1.31. The van der Waals surface area contributed by atoms with Gasteiger partial charge in [0.2, 0.25) is 11.8 Å². The summed E-state index contributed by atoms with van der Waals surface area (Å²) in [6.07, 6.45) is 0.728. The van der Waals surface area contributed by atoms with Gasteiger partial charge in [0.05, 0.1) is 24.8 Å². The molecule has 0 radical (unpaired) electrons. The molecule has 0 aliphatic rings. The van der Waals surface area contributed by atoms with Crippen LogP contribution in [0, 0.1) is 6.92 Å². The van der Waals surface area contributed by atoms with E-state index >= 15 is 0 Å². The Labute approximate surface area is 243 Å². The standard InChI is InChI=1S/C31H39N3O6S/c1-7-23(3)32-31(36)24(4)33(20-25-13-9-8-12-22(25)2)30(35)21-34(28-14-10-11-15-29(28)40-6)41(37,38)27-18-16-26(39-5)17-19-27/h8-19,23-24H,7,20-21H2,1-6H3,(H,32,36)/t23-,24-/m1/s1. The normalized spacial score (nSPS) is 12.6. The molecule has 0 aliphatic carbocycles. The number of para-hydroxylation sites is 2. The number of rotatable bonds is 13. The zero-order valence-corrected chi connectivity index (χ0v) is 25.3. The zero-order valence-electron chi connectivity index (χ0n) is 24.5. The molecule has 10 heteroatoms. The number of carbonyl (C=O) groups is 2. The molecule has 0 fully saturated rings. The highest BCUT2D eigenvalue weighted by Gasteiger charge is 2.34. The quantitative estimate of drug-likeness (QED) is 0.318. The van der Waals surface area contributed by atoms with Crippen molar-refractivity contribution in [2.24, 2.45) is 0 Å². The second kappa shape index (κ2) is 14.0. The van der Waals surface area contributed by atoms with E-state index in [2.05, 4.69) is 5.32 Å². The summed E-state index contributed by atoms with van der Waals surface area (Å²) in [6.45, 7) is 7.00. The first kappa shape index (κ1) is 31.5. The van der Waals surface area contributed by atoms with Gasteiger partial charge < -0.3 is 19.7 Å². The van der Waals surface area contributed by atoms with Gasteiger partial charge in [0.25, 0.3) is 10.0 Å². The van der Waals surface area contributed by atoms with Gasteiger partial charge >= 0.3 is 0 Å². The van der Waals surface area contributed by atoms with E-state index < -0.39 is 28.5 Å². The van der Waals surface area contributed by atoms with Crippen molar-refractivity contribution in [2.75, 3.05) is 25.1 Å². The van der Waals surface area contributed by atoms with E-state index in [-0.39, 0.29) is 34.8 Å². The lowest BCUT2D eigenvalue weighted by Crippen LogP contribution is -2.52. The van der Waals surface area contributed by atoms with Crippen molar-refractivity contribution in [3.05, 3.63) is 83.9 Å². The predicted molar refractivity (Wildman–Crippen MR) is 160 cm³/mol. The number of benzene rings is 3. The van der Waals surface area contributed by atoms with E-state index in [1.165, 1.54) is 31.3 Å². The van der Waals surface area contributed by atoms with Gasteiger partial charge in [-0.15, -0.1) is 0 Å². The summed E-state index contributed by atoms with van der Waals surface area (Å²) in [4.78, 5) is 28.7. The minimum Gasteiger partial charge on any atom is -0.497 e. The maximum atomic E-state index is 14.1. The molecule has 0 bridgehead atoms. The monoisotopic (exact) mass is 581 g/mol. The molecule has 41 heavy (non-hydrogen) atoms. The molecule has 0 saturated carbocycles. The SMILES string of the molecule is CC[C@@H](C)NC(=O)[C@@H](C)N(Cc1ccccc1C)C(=O)CN(c1ccccc1OC)S(=O)(=O)c1ccc(OC)cc1. The minimum absolute atomic E-state index is 0.0231. The largest absolute Gasteiger partial charge is 0.497 e. The molecule has 0 aromatic heterocycles. The Balaban J connectivity index is 2.08. The van der Waals surface area contributed by atoms with Gasteiger partial charge in [-0.1, -0.05) is 43.3 Å². The minimum atomic E-state index is -4.24. The molecule has 0 unspecified atom stereocenters. The number of nitrogens with zero attached hydrogens (tertiary/aromatic N) is 2. The molecular weight excluding hydrogens is 542 g/mol. The molecule has 0 aliphatic heterocycles. The molecule has 3 rings (SSSR count). The first-order chi connectivity index (χ1) is 19.5. The second-order valence-electron chi connectivity index (χ2n) is 9.80. The molecule has 1 N–H and O–H groups in total. The van der Waals surface area contributed by atoms with E-state index in [4.69, 9.17) is 9.47 Å². The number of methoxy groups -OCH3 is 2. The van der Waals surface area contributed by atoms with Gasteiger partial charge in [0.1, 0.15) is 24.1 Å². The molecule has 3 aromatic rings. The average Bonchev–Trinajstić information content (AvgIpc) is 2.98. The number of anilines is 1. The smallest absolute Gasteiger partial charge is 0.264 e. The third-order valence-corrected chi connectivity index (χ3v) is 8.82. The summed E-state index contributed by atoms with van der Waals surface area (Å²) in [6, 6.07) is 19.2. The zero-order chi connectivity index (χ0) is 30.2. The topological polar surface area (TPSA) is 105 Å². The van der Waals surface area contributed by atoms with Gasteiger partial charge in [-0.05, 0) is 74.7 Å². The third-order valence-electron chi connectivity index (χ3n) is 7.05. The lowest BCUT2D eigenvalue weighted by Gasteiger charge is -2.33. The van der Waals surface area contributed by atoms with E-state index in [0.717, 1.165) is 21.9 Å². The van der Waals surface area contributed by atoms with Crippen LogP contribution in [-0.2, 0) is 26.2 Å². The van der Waals surface area contributed by atoms with Crippen LogP contribution in [0.25, 0.3) is 0 Å². The van der Waals surface area contributed by atoms with E-state index in [9.17, 15) is 18.0 Å². The Kier molecular flexibility index (Phi) is 10.8. The highest BCUT2D eigenvalue weighted by Crippen LogP contribution is 2.33. The Morgan fingerprint density at radius 3 is 2.15 bits per heavy atom. The molecule has 0 heterocycles. The molecule has 2 atom stereocenters. The first-order valence-corrected chi connectivity index (χ1v) is 14.9. The van der Waals surface area contributed by atoms with Crippen LogP contribution in [-0.4, -0.2) is 58.0 Å². The number of hydrogen-bond acceptors (Lipinski definition) is 6. The number of sulfonamides is 1. The summed E-state index contributed by atoms with van der Waals surface area (Å²) in [5.74, 6) is -0.0778. The fraction of sp³-hybridized carbons (Fsp3) is 0.355. The molecular formula is C31H39N3O6S. The van der Waals surface area contributed by atoms with Crippen LogP contribution in [0.2, 0.25) is 0 Å². The van der Waals surface area contributed by atoms with Crippen LogP contribution < -0.4 is 19.1 Å². The van der Waals surface area contributed by atoms with Gasteiger partial charge in [-0.2, -0.15) is 0 Å².